The smallest absolute Gasteiger partial charge is 0.262 e. The first-order valence-corrected chi connectivity index (χ1v) is 10.4. The van der Waals surface area contributed by atoms with Gasteiger partial charge in [0.1, 0.15) is 11.6 Å². The normalized spacial score (nSPS) is 15.0. The molecule has 1 fully saturated rings. The van der Waals surface area contributed by atoms with Crippen molar-refractivity contribution >= 4 is 32.2 Å². The number of hydrogen-bond acceptors (Lipinski definition) is 4. The molecular formula is C20H19F2N3O2S. The summed E-state index contributed by atoms with van der Waals surface area (Å²) < 4.78 is 55.2. The highest BCUT2D eigenvalue weighted by Crippen LogP contribution is 2.33. The number of benzene rings is 3. The second-order valence-corrected chi connectivity index (χ2v) is 8.25. The molecule has 5 nitrogen and oxygen atoms in total. The number of halogens is 2. The van der Waals surface area contributed by atoms with E-state index in [4.69, 9.17) is 0 Å². The summed E-state index contributed by atoms with van der Waals surface area (Å²) in [7, 11) is -4.07. The lowest BCUT2D eigenvalue weighted by atomic mass is 10.1. The first-order valence-electron chi connectivity index (χ1n) is 8.91. The monoisotopic (exact) mass is 403 g/mol. The summed E-state index contributed by atoms with van der Waals surface area (Å²) in [5.41, 5.74) is 0.667. The molecule has 3 aromatic carbocycles. The van der Waals surface area contributed by atoms with Crippen molar-refractivity contribution in [1.29, 1.82) is 0 Å². The first kappa shape index (κ1) is 18.6. The summed E-state index contributed by atoms with van der Waals surface area (Å²) in [6.45, 7) is 3.38. The number of nitrogens with one attached hydrogen (secondary N) is 2. The predicted molar refractivity (Wildman–Crippen MR) is 106 cm³/mol. The average molecular weight is 403 g/mol. The Morgan fingerprint density at radius 1 is 0.929 bits per heavy atom. The van der Waals surface area contributed by atoms with E-state index in [9.17, 15) is 17.2 Å². The summed E-state index contributed by atoms with van der Waals surface area (Å²) >= 11 is 0. The van der Waals surface area contributed by atoms with Gasteiger partial charge in [-0.25, -0.2) is 17.2 Å². The molecule has 146 valence electrons. The Morgan fingerprint density at radius 2 is 1.64 bits per heavy atom. The van der Waals surface area contributed by atoms with E-state index in [1.807, 2.05) is 12.1 Å². The highest BCUT2D eigenvalue weighted by Gasteiger charge is 2.22. The van der Waals surface area contributed by atoms with Crippen molar-refractivity contribution in [2.75, 3.05) is 35.8 Å². The molecule has 0 unspecified atom stereocenters. The molecule has 1 aliphatic heterocycles. The predicted octanol–water partition coefficient (Wildman–Crippen LogP) is 3.33. The van der Waals surface area contributed by atoms with Crippen molar-refractivity contribution in [3.05, 3.63) is 66.2 Å². The largest absolute Gasteiger partial charge is 0.368 e. The van der Waals surface area contributed by atoms with E-state index >= 15 is 0 Å². The fourth-order valence-electron chi connectivity index (χ4n) is 3.44. The van der Waals surface area contributed by atoms with E-state index in [-0.39, 0.29) is 10.6 Å². The average Bonchev–Trinajstić information content (AvgIpc) is 2.70. The minimum absolute atomic E-state index is 0.0470. The molecule has 1 heterocycles. The number of sulfonamides is 1. The molecule has 2 N–H and O–H groups in total. The molecule has 0 aromatic heterocycles. The Morgan fingerprint density at radius 3 is 2.36 bits per heavy atom. The second kappa shape index (κ2) is 7.37. The van der Waals surface area contributed by atoms with E-state index < -0.39 is 21.7 Å². The SMILES string of the molecule is O=S(=O)(Nc1ccc(F)cc1F)c1ccc(N2CCNCC2)c2ccccc12. The second-order valence-electron chi connectivity index (χ2n) is 6.60. The first-order chi connectivity index (χ1) is 13.5. The van der Waals surface area contributed by atoms with E-state index in [1.54, 1.807) is 18.2 Å². The topological polar surface area (TPSA) is 61.4 Å². The van der Waals surface area contributed by atoms with Crippen LogP contribution in [0.1, 0.15) is 0 Å². The van der Waals surface area contributed by atoms with Gasteiger partial charge in [0.05, 0.1) is 10.6 Å². The van der Waals surface area contributed by atoms with Crippen LogP contribution in [0.15, 0.2) is 59.5 Å². The summed E-state index contributed by atoms with van der Waals surface area (Å²) in [5.74, 6) is -1.74. The van der Waals surface area contributed by atoms with Gasteiger partial charge in [-0.05, 0) is 24.3 Å². The number of anilines is 2. The third-order valence-corrected chi connectivity index (χ3v) is 6.21. The Labute approximate surface area is 162 Å². The van der Waals surface area contributed by atoms with Gasteiger partial charge in [-0.3, -0.25) is 4.72 Å². The van der Waals surface area contributed by atoms with Crippen LogP contribution in [-0.2, 0) is 10.0 Å². The summed E-state index contributed by atoms with van der Waals surface area (Å²) in [5, 5.41) is 4.66. The van der Waals surface area contributed by atoms with Gasteiger partial charge in [0, 0.05) is 48.7 Å². The molecule has 4 rings (SSSR count). The summed E-state index contributed by atoms with van der Waals surface area (Å²) in [6.07, 6.45) is 0. The zero-order valence-electron chi connectivity index (χ0n) is 15.0. The molecule has 0 saturated carbocycles. The van der Waals surface area contributed by atoms with Gasteiger partial charge in [-0.15, -0.1) is 0 Å². The van der Waals surface area contributed by atoms with Crippen LogP contribution in [0, 0.1) is 11.6 Å². The molecule has 0 aliphatic carbocycles. The quantitative estimate of drug-likeness (QED) is 0.702. The van der Waals surface area contributed by atoms with Crippen molar-refractivity contribution in [2.45, 2.75) is 4.90 Å². The molecule has 1 saturated heterocycles. The van der Waals surface area contributed by atoms with Gasteiger partial charge in [-0.1, -0.05) is 24.3 Å². The van der Waals surface area contributed by atoms with Crippen molar-refractivity contribution in [3.63, 3.8) is 0 Å². The van der Waals surface area contributed by atoms with Crippen molar-refractivity contribution in [3.8, 4) is 0 Å². The highest BCUT2D eigenvalue weighted by molar-refractivity contribution is 7.93. The van der Waals surface area contributed by atoms with Crippen LogP contribution in [0.3, 0.4) is 0 Å². The van der Waals surface area contributed by atoms with Gasteiger partial charge in [0.15, 0.2) is 0 Å². The van der Waals surface area contributed by atoms with E-state index in [1.165, 1.54) is 6.07 Å². The third-order valence-electron chi connectivity index (χ3n) is 4.78. The minimum atomic E-state index is -4.07. The molecule has 0 bridgehead atoms. The molecule has 1 aliphatic rings. The van der Waals surface area contributed by atoms with Crippen LogP contribution in [0.25, 0.3) is 10.8 Å². The van der Waals surface area contributed by atoms with Crippen molar-refractivity contribution in [2.24, 2.45) is 0 Å². The Balaban J connectivity index is 1.78. The van der Waals surface area contributed by atoms with Gasteiger partial charge >= 0.3 is 0 Å². The Bertz CT molecular complexity index is 1130. The molecule has 28 heavy (non-hydrogen) atoms. The molecule has 0 radical (unpaired) electrons. The maximum absolute atomic E-state index is 13.9. The number of fused-ring (bicyclic) bond motifs is 1. The van der Waals surface area contributed by atoms with E-state index in [0.29, 0.717) is 11.5 Å². The lowest BCUT2D eigenvalue weighted by Crippen LogP contribution is -2.43. The molecular weight excluding hydrogens is 384 g/mol. The van der Waals surface area contributed by atoms with Gasteiger partial charge in [0.25, 0.3) is 10.0 Å². The lowest BCUT2D eigenvalue weighted by Gasteiger charge is -2.30. The van der Waals surface area contributed by atoms with Crippen LogP contribution >= 0.6 is 0 Å². The van der Waals surface area contributed by atoms with Crippen LogP contribution in [0.4, 0.5) is 20.2 Å². The van der Waals surface area contributed by atoms with Crippen LogP contribution in [-0.4, -0.2) is 34.6 Å². The van der Waals surface area contributed by atoms with Crippen LogP contribution in [0.2, 0.25) is 0 Å². The maximum Gasteiger partial charge on any atom is 0.262 e. The van der Waals surface area contributed by atoms with E-state index in [0.717, 1.165) is 49.4 Å². The number of nitrogens with zero attached hydrogens (tertiary/aromatic N) is 1. The molecule has 0 spiro atoms. The van der Waals surface area contributed by atoms with Crippen molar-refractivity contribution < 1.29 is 17.2 Å². The standard InChI is InChI=1S/C20H19F2N3O2S/c21-14-5-6-18(17(22)13-14)24-28(26,27)20-8-7-19(25-11-9-23-10-12-25)15-3-1-2-4-16(15)20/h1-8,13,23-24H,9-12H2. The molecule has 3 aromatic rings. The minimum Gasteiger partial charge on any atom is -0.368 e. The fourth-order valence-corrected chi connectivity index (χ4v) is 4.72. The van der Waals surface area contributed by atoms with E-state index in [2.05, 4.69) is 14.9 Å². The Kier molecular flexibility index (Phi) is 4.91. The highest BCUT2D eigenvalue weighted by atomic mass is 32.2. The van der Waals surface area contributed by atoms with Gasteiger partial charge in [0.2, 0.25) is 0 Å². The van der Waals surface area contributed by atoms with Crippen molar-refractivity contribution in [1.82, 2.24) is 5.32 Å². The molecule has 0 atom stereocenters. The van der Waals surface area contributed by atoms with Crippen LogP contribution < -0.4 is 14.9 Å². The number of piperazine rings is 1. The summed E-state index contributed by atoms with van der Waals surface area (Å²) in [4.78, 5) is 2.26. The maximum atomic E-state index is 13.9. The molecule has 8 heteroatoms. The van der Waals surface area contributed by atoms with Gasteiger partial charge in [-0.2, -0.15) is 0 Å². The zero-order chi connectivity index (χ0) is 19.7. The van der Waals surface area contributed by atoms with Gasteiger partial charge < -0.3 is 10.2 Å². The lowest BCUT2D eigenvalue weighted by molar-refractivity contribution is 0.583. The fraction of sp³-hybridized carbons (Fsp3) is 0.200. The molecule has 0 amide bonds. The third kappa shape index (κ3) is 3.53. The zero-order valence-corrected chi connectivity index (χ0v) is 15.8. The Hall–Kier alpha value is -2.71. The number of hydrogen-bond donors (Lipinski definition) is 2. The number of rotatable bonds is 4. The van der Waals surface area contributed by atoms with Crippen LogP contribution in [0.5, 0.6) is 0 Å². The summed E-state index contributed by atoms with van der Waals surface area (Å²) in [6, 6.07) is 13.3.